The molecule has 6 rings (SSSR count). The molecule has 0 amide bonds. The molecule has 0 aliphatic carbocycles. The van der Waals surface area contributed by atoms with Crippen LogP contribution in [0.1, 0.15) is 25.0 Å². The Balaban J connectivity index is 1.38. The standard InChI is InChI=1S/C40H36N2/c1-3-31-14-11-21-38(28-31)41(35-17-7-5-8-18-35)37-26-24-33(25-27-37)34-16-13-23-40(30-34)42(36-19-9-6-10-20-36)39-22-12-15-32(4-2)29-39/h5-30H,3-4H2,1-2H3. The highest BCUT2D eigenvalue weighted by Gasteiger charge is 2.15. The molecule has 6 aromatic rings. The number of nitrogens with zero attached hydrogens (tertiary/aromatic N) is 2. The summed E-state index contributed by atoms with van der Waals surface area (Å²) in [4.78, 5) is 4.67. The predicted octanol–water partition coefficient (Wildman–Crippen LogP) is 11.4. The van der Waals surface area contributed by atoms with Crippen LogP contribution in [0.2, 0.25) is 0 Å². The van der Waals surface area contributed by atoms with Gasteiger partial charge in [-0.3, -0.25) is 0 Å². The summed E-state index contributed by atoms with van der Waals surface area (Å²) >= 11 is 0. The van der Waals surface area contributed by atoms with E-state index in [4.69, 9.17) is 0 Å². The minimum Gasteiger partial charge on any atom is -0.310 e. The fourth-order valence-corrected chi connectivity index (χ4v) is 5.51. The first-order chi connectivity index (χ1) is 20.7. The van der Waals surface area contributed by atoms with Crippen LogP contribution in [0.5, 0.6) is 0 Å². The van der Waals surface area contributed by atoms with E-state index >= 15 is 0 Å². The van der Waals surface area contributed by atoms with Crippen molar-refractivity contribution in [2.75, 3.05) is 9.80 Å². The van der Waals surface area contributed by atoms with Crippen molar-refractivity contribution < 1.29 is 0 Å². The van der Waals surface area contributed by atoms with Gasteiger partial charge in [0.15, 0.2) is 0 Å². The van der Waals surface area contributed by atoms with Crippen molar-refractivity contribution in [2.45, 2.75) is 26.7 Å². The van der Waals surface area contributed by atoms with Crippen molar-refractivity contribution in [2.24, 2.45) is 0 Å². The van der Waals surface area contributed by atoms with E-state index < -0.39 is 0 Å². The first-order valence-corrected chi connectivity index (χ1v) is 14.8. The van der Waals surface area contributed by atoms with E-state index in [0.29, 0.717) is 0 Å². The Morgan fingerprint density at radius 2 is 0.738 bits per heavy atom. The van der Waals surface area contributed by atoms with E-state index in [1.165, 1.54) is 33.6 Å². The molecule has 0 heterocycles. The van der Waals surface area contributed by atoms with Gasteiger partial charge < -0.3 is 9.80 Å². The Labute approximate surface area is 250 Å². The number of hydrogen-bond donors (Lipinski definition) is 0. The molecule has 0 saturated heterocycles. The molecule has 0 atom stereocenters. The first kappa shape index (κ1) is 27.1. The minimum atomic E-state index is 1.01. The van der Waals surface area contributed by atoms with Crippen molar-refractivity contribution in [1.82, 2.24) is 0 Å². The summed E-state index contributed by atoms with van der Waals surface area (Å²) in [7, 11) is 0. The van der Waals surface area contributed by atoms with Crippen molar-refractivity contribution >= 4 is 34.1 Å². The molecular weight excluding hydrogens is 508 g/mol. The van der Waals surface area contributed by atoms with Gasteiger partial charge in [0, 0.05) is 34.1 Å². The van der Waals surface area contributed by atoms with Gasteiger partial charge in [0.1, 0.15) is 0 Å². The molecule has 0 fully saturated rings. The van der Waals surface area contributed by atoms with Crippen LogP contribution in [0.25, 0.3) is 11.1 Å². The van der Waals surface area contributed by atoms with Gasteiger partial charge in [-0.15, -0.1) is 0 Å². The number of anilines is 6. The zero-order valence-electron chi connectivity index (χ0n) is 24.3. The second-order valence-electron chi connectivity index (χ2n) is 10.5. The van der Waals surface area contributed by atoms with Crippen LogP contribution in [0, 0.1) is 0 Å². The first-order valence-electron chi connectivity index (χ1n) is 14.8. The Morgan fingerprint density at radius 1 is 0.333 bits per heavy atom. The molecule has 0 N–H and O–H groups in total. The second kappa shape index (κ2) is 12.6. The third-order valence-electron chi connectivity index (χ3n) is 7.75. The van der Waals surface area contributed by atoms with Crippen molar-refractivity contribution in [3.8, 4) is 11.1 Å². The Morgan fingerprint density at radius 3 is 1.24 bits per heavy atom. The molecule has 2 heteroatoms. The van der Waals surface area contributed by atoms with Gasteiger partial charge in [0.25, 0.3) is 0 Å². The molecule has 42 heavy (non-hydrogen) atoms. The molecule has 0 bridgehead atoms. The average Bonchev–Trinajstić information content (AvgIpc) is 3.07. The van der Waals surface area contributed by atoms with E-state index in [1.807, 2.05) is 0 Å². The lowest BCUT2D eigenvalue weighted by atomic mass is 10.0. The molecule has 0 aliphatic rings. The van der Waals surface area contributed by atoms with Gasteiger partial charge in [0.2, 0.25) is 0 Å². The summed E-state index contributed by atoms with van der Waals surface area (Å²) in [5.41, 5.74) is 11.9. The fraction of sp³-hybridized carbons (Fsp3) is 0.100. The number of para-hydroxylation sites is 2. The van der Waals surface area contributed by atoms with E-state index in [9.17, 15) is 0 Å². The third-order valence-corrected chi connectivity index (χ3v) is 7.75. The highest BCUT2D eigenvalue weighted by Crippen LogP contribution is 2.39. The van der Waals surface area contributed by atoms with Gasteiger partial charge >= 0.3 is 0 Å². The quantitative estimate of drug-likeness (QED) is 0.179. The largest absolute Gasteiger partial charge is 0.310 e. The molecule has 6 aromatic carbocycles. The Hall–Kier alpha value is -5.08. The van der Waals surface area contributed by atoms with E-state index in [1.54, 1.807) is 0 Å². The van der Waals surface area contributed by atoms with Gasteiger partial charge in [0.05, 0.1) is 0 Å². The number of benzene rings is 6. The van der Waals surface area contributed by atoms with Crippen molar-refractivity contribution in [3.05, 3.63) is 169 Å². The summed E-state index contributed by atoms with van der Waals surface area (Å²) in [6.07, 6.45) is 2.01. The zero-order chi connectivity index (χ0) is 28.7. The van der Waals surface area contributed by atoms with Gasteiger partial charge in [-0.2, -0.15) is 0 Å². The molecule has 0 aliphatic heterocycles. The number of rotatable bonds is 9. The molecular formula is C40H36N2. The van der Waals surface area contributed by atoms with E-state index in [-0.39, 0.29) is 0 Å². The summed E-state index contributed by atoms with van der Waals surface area (Å²) < 4.78 is 0. The zero-order valence-corrected chi connectivity index (χ0v) is 24.3. The molecule has 206 valence electrons. The molecule has 0 unspecified atom stereocenters. The van der Waals surface area contributed by atoms with Crippen LogP contribution in [-0.4, -0.2) is 0 Å². The average molecular weight is 545 g/mol. The maximum absolute atomic E-state index is 2.34. The molecule has 0 aromatic heterocycles. The van der Waals surface area contributed by atoms with Crippen molar-refractivity contribution in [3.63, 3.8) is 0 Å². The lowest BCUT2D eigenvalue weighted by Crippen LogP contribution is -2.10. The lowest BCUT2D eigenvalue weighted by Gasteiger charge is -2.27. The Kier molecular flexibility index (Phi) is 8.14. The predicted molar refractivity (Wildman–Crippen MR) is 180 cm³/mol. The highest BCUT2D eigenvalue weighted by molar-refractivity contribution is 5.82. The summed E-state index contributed by atoms with van der Waals surface area (Å²) in [5, 5.41) is 0. The SMILES string of the molecule is CCc1cccc(N(c2ccccc2)c2ccc(-c3cccc(N(c4ccccc4)c4cccc(CC)c4)c3)cc2)c1. The molecule has 0 radical (unpaired) electrons. The second-order valence-corrected chi connectivity index (χ2v) is 10.5. The topological polar surface area (TPSA) is 6.48 Å². The lowest BCUT2D eigenvalue weighted by molar-refractivity contribution is 1.13. The van der Waals surface area contributed by atoms with Crippen LogP contribution in [0.15, 0.2) is 158 Å². The van der Waals surface area contributed by atoms with Crippen LogP contribution >= 0.6 is 0 Å². The summed E-state index contributed by atoms with van der Waals surface area (Å²) in [5.74, 6) is 0. The van der Waals surface area contributed by atoms with Gasteiger partial charge in [-0.25, -0.2) is 0 Å². The minimum absolute atomic E-state index is 1.01. The van der Waals surface area contributed by atoms with Gasteiger partial charge in [-0.05, 0) is 108 Å². The smallest absolute Gasteiger partial charge is 0.0467 e. The van der Waals surface area contributed by atoms with Crippen LogP contribution in [-0.2, 0) is 12.8 Å². The molecule has 2 nitrogen and oxygen atoms in total. The summed E-state index contributed by atoms with van der Waals surface area (Å²) in [6.45, 7) is 4.41. The normalized spacial score (nSPS) is 10.8. The van der Waals surface area contributed by atoms with E-state index in [2.05, 4.69) is 181 Å². The highest BCUT2D eigenvalue weighted by atomic mass is 15.1. The van der Waals surface area contributed by atoms with E-state index in [0.717, 1.165) is 35.6 Å². The van der Waals surface area contributed by atoms with Crippen LogP contribution < -0.4 is 9.80 Å². The fourth-order valence-electron chi connectivity index (χ4n) is 5.51. The molecule has 0 saturated carbocycles. The summed E-state index contributed by atoms with van der Waals surface area (Å²) in [6, 6.07) is 56.6. The Bertz CT molecular complexity index is 1740. The van der Waals surface area contributed by atoms with Crippen molar-refractivity contribution in [1.29, 1.82) is 0 Å². The van der Waals surface area contributed by atoms with Crippen LogP contribution in [0.4, 0.5) is 34.1 Å². The van der Waals surface area contributed by atoms with Crippen LogP contribution in [0.3, 0.4) is 0 Å². The number of hydrogen-bond acceptors (Lipinski definition) is 2. The maximum atomic E-state index is 2.34. The van der Waals surface area contributed by atoms with Gasteiger partial charge in [-0.1, -0.05) is 98.8 Å². The number of aryl methyl sites for hydroxylation is 2. The monoisotopic (exact) mass is 544 g/mol. The third kappa shape index (κ3) is 5.84. The molecule has 0 spiro atoms. The maximum Gasteiger partial charge on any atom is 0.0467 e.